The van der Waals surface area contributed by atoms with E-state index in [4.69, 9.17) is 11.6 Å². The maximum absolute atomic E-state index is 11.9. The summed E-state index contributed by atoms with van der Waals surface area (Å²) >= 11 is 6.20. The van der Waals surface area contributed by atoms with E-state index >= 15 is 0 Å². The molecule has 0 spiro atoms. The summed E-state index contributed by atoms with van der Waals surface area (Å²) in [5.41, 5.74) is 1.51. The third-order valence-electron chi connectivity index (χ3n) is 3.32. The van der Waals surface area contributed by atoms with Crippen molar-refractivity contribution in [2.75, 3.05) is 32.5 Å². The quantitative estimate of drug-likeness (QED) is 0.893. The monoisotopic (exact) mass is 281 g/mol. The number of rotatable bonds is 3. The lowest BCUT2D eigenvalue weighted by Crippen LogP contribution is -2.35. The number of hydrogen-bond donors (Lipinski definition) is 2. The molecule has 0 unspecified atom stereocenters. The summed E-state index contributed by atoms with van der Waals surface area (Å²) in [4.78, 5) is 13.5. The van der Waals surface area contributed by atoms with Crippen LogP contribution in [0.4, 0.5) is 5.69 Å². The molecule has 0 aromatic heterocycles. The Morgan fingerprint density at radius 1 is 1.37 bits per heavy atom. The molecule has 104 valence electrons. The maximum Gasteiger partial charge on any atom is 0.253 e. The molecule has 0 atom stereocenters. The lowest BCUT2D eigenvalue weighted by molar-refractivity contribution is 0.0827. The fourth-order valence-electron chi connectivity index (χ4n) is 2.21. The minimum atomic E-state index is -0.00923. The largest absolute Gasteiger partial charge is 0.381 e. The third-order valence-corrected chi connectivity index (χ3v) is 3.65. The first-order valence-electron chi connectivity index (χ1n) is 6.56. The van der Waals surface area contributed by atoms with Crippen molar-refractivity contribution < 1.29 is 4.79 Å². The summed E-state index contributed by atoms with van der Waals surface area (Å²) < 4.78 is 0. The predicted octanol–water partition coefficient (Wildman–Crippen LogP) is 2.21. The number of piperidine rings is 1. The van der Waals surface area contributed by atoms with Crippen LogP contribution >= 0.6 is 11.6 Å². The molecule has 4 nitrogen and oxygen atoms in total. The normalized spacial score (nSPS) is 16.2. The van der Waals surface area contributed by atoms with E-state index in [-0.39, 0.29) is 5.91 Å². The van der Waals surface area contributed by atoms with Crippen LogP contribution in [0.1, 0.15) is 23.2 Å². The topological polar surface area (TPSA) is 44.4 Å². The highest BCUT2D eigenvalue weighted by atomic mass is 35.5. The number of benzene rings is 1. The Hall–Kier alpha value is -1.26. The van der Waals surface area contributed by atoms with Crippen molar-refractivity contribution in [2.24, 2.45) is 0 Å². The first kappa shape index (κ1) is 14.2. The first-order chi connectivity index (χ1) is 9.08. The van der Waals surface area contributed by atoms with Crippen molar-refractivity contribution in [1.29, 1.82) is 0 Å². The Balaban J connectivity index is 2.14. The Morgan fingerprint density at radius 2 is 2.05 bits per heavy atom. The molecule has 19 heavy (non-hydrogen) atoms. The van der Waals surface area contributed by atoms with Crippen molar-refractivity contribution in [3.8, 4) is 0 Å². The van der Waals surface area contributed by atoms with E-state index < -0.39 is 0 Å². The number of anilines is 1. The van der Waals surface area contributed by atoms with Crippen LogP contribution in [0.3, 0.4) is 0 Å². The molecular formula is C14H20ClN3O. The summed E-state index contributed by atoms with van der Waals surface area (Å²) in [7, 11) is 3.49. The fourth-order valence-corrected chi connectivity index (χ4v) is 2.39. The third kappa shape index (κ3) is 3.61. The molecule has 1 amide bonds. The fraction of sp³-hybridized carbons (Fsp3) is 0.500. The number of nitrogens with zero attached hydrogens (tertiary/aromatic N) is 1. The molecule has 1 aromatic carbocycles. The van der Waals surface area contributed by atoms with Gasteiger partial charge in [-0.3, -0.25) is 4.79 Å². The van der Waals surface area contributed by atoms with Crippen molar-refractivity contribution in [2.45, 2.75) is 18.9 Å². The Bertz CT molecular complexity index is 456. The first-order valence-corrected chi connectivity index (χ1v) is 6.94. The molecule has 2 rings (SSSR count). The number of halogens is 1. The van der Waals surface area contributed by atoms with Crippen LogP contribution in [-0.2, 0) is 0 Å². The van der Waals surface area contributed by atoms with Crippen molar-refractivity contribution in [3.05, 3.63) is 28.8 Å². The molecule has 1 fully saturated rings. The van der Waals surface area contributed by atoms with Gasteiger partial charge in [0.05, 0.1) is 10.7 Å². The van der Waals surface area contributed by atoms with Gasteiger partial charge in [0.25, 0.3) is 5.91 Å². The van der Waals surface area contributed by atoms with Gasteiger partial charge in [-0.2, -0.15) is 0 Å². The van der Waals surface area contributed by atoms with E-state index in [9.17, 15) is 4.79 Å². The minimum absolute atomic E-state index is 0.00923. The molecule has 1 saturated heterocycles. The summed E-state index contributed by atoms with van der Waals surface area (Å²) in [6.45, 7) is 2.04. The standard InChI is InChI=1S/C14H20ClN3O/c1-18(2)14(19)10-3-4-12(15)13(9-10)17-11-5-7-16-8-6-11/h3-4,9,11,16-17H,5-8H2,1-2H3. The summed E-state index contributed by atoms with van der Waals surface area (Å²) in [6.07, 6.45) is 2.14. The molecule has 0 saturated carbocycles. The Kier molecular flexibility index (Phi) is 4.66. The number of carbonyl (C=O) groups is 1. The minimum Gasteiger partial charge on any atom is -0.381 e. The van der Waals surface area contributed by atoms with Crippen LogP contribution in [0.25, 0.3) is 0 Å². The van der Waals surface area contributed by atoms with Gasteiger partial charge in [-0.1, -0.05) is 11.6 Å². The molecule has 1 aromatic rings. The lowest BCUT2D eigenvalue weighted by Gasteiger charge is -2.25. The molecule has 0 bridgehead atoms. The molecule has 5 heteroatoms. The number of nitrogens with one attached hydrogen (secondary N) is 2. The van der Waals surface area contributed by atoms with Crippen LogP contribution in [0, 0.1) is 0 Å². The maximum atomic E-state index is 11.9. The van der Waals surface area contributed by atoms with E-state index in [1.165, 1.54) is 0 Å². The molecule has 1 heterocycles. The van der Waals surface area contributed by atoms with Gasteiger partial charge in [0.1, 0.15) is 0 Å². The Labute approximate surface area is 119 Å². The predicted molar refractivity (Wildman–Crippen MR) is 79.0 cm³/mol. The molecule has 1 aliphatic rings. The van der Waals surface area contributed by atoms with Gasteiger partial charge < -0.3 is 15.5 Å². The zero-order chi connectivity index (χ0) is 13.8. The second-order valence-electron chi connectivity index (χ2n) is 5.06. The highest BCUT2D eigenvalue weighted by molar-refractivity contribution is 6.33. The van der Waals surface area contributed by atoms with Crippen molar-refractivity contribution in [3.63, 3.8) is 0 Å². The smallest absolute Gasteiger partial charge is 0.253 e. The van der Waals surface area contributed by atoms with Gasteiger partial charge in [-0.05, 0) is 44.1 Å². The second kappa shape index (κ2) is 6.26. The number of amides is 1. The molecule has 1 aliphatic heterocycles. The van der Waals surface area contributed by atoms with Gasteiger partial charge in [0.15, 0.2) is 0 Å². The summed E-state index contributed by atoms with van der Waals surface area (Å²) in [5.74, 6) is -0.00923. The van der Waals surface area contributed by atoms with Crippen molar-refractivity contribution >= 4 is 23.2 Å². The van der Waals surface area contributed by atoms with E-state index in [1.54, 1.807) is 31.1 Å². The molecular weight excluding hydrogens is 262 g/mol. The van der Waals surface area contributed by atoms with Gasteiger partial charge in [-0.15, -0.1) is 0 Å². The SMILES string of the molecule is CN(C)C(=O)c1ccc(Cl)c(NC2CCNCC2)c1. The zero-order valence-electron chi connectivity index (χ0n) is 11.4. The lowest BCUT2D eigenvalue weighted by atomic mass is 10.1. The number of carbonyl (C=O) groups excluding carboxylic acids is 1. The van der Waals surface area contributed by atoms with Gasteiger partial charge in [-0.25, -0.2) is 0 Å². The second-order valence-corrected chi connectivity index (χ2v) is 5.47. The molecule has 0 aliphatic carbocycles. The van der Waals surface area contributed by atoms with Crippen molar-refractivity contribution in [1.82, 2.24) is 10.2 Å². The molecule has 0 radical (unpaired) electrons. The van der Waals surface area contributed by atoms with E-state index in [0.29, 0.717) is 16.6 Å². The van der Waals surface area contributed by atoms with Crippen LogP contribution in [0.2, 0.25) is 5.02 Å². The van der Waals surface area contributed by atoms with Crippen LogP contribution in [0.5, 0.6) is 0 Å². The van der Waals surface area contributed by atoms with Crippen LogP contribution in [0.15, 0.2) is 18.2 Å². The highest BCUT2D eigenvalue weighted by Crippen LogP contribution is 2.25. The average Bonchev–Trinajstić information content (AvgIpc) is 2.41. The summed E-state index contributed by atoms with van der Waals surface area (Å²) in [6, 6.07) is 5.80. The van der Waals surface area contributed by atoms with Gasteiger partial charge >= 0.3 is 0 Å². The Morgan fingerprint density at radius 3 is 2.68 bits per heavy atom. The average molecular weight is 282 g/mol. The highest BCUT2D eigenvalue weighted by Gasteiger charge is 2.15. The summed E-state index contributed by atoms with van der Waals surface area (Å²) in [5, 5.41) is 7.43. The molecule has 2 N–H and O–H groups in total. The zero-order valence-corrected chi connectivity index (χ0v) is 12.1. The van der Waals surface area contributed by atoms with Gasteiger partial charge in [0.2, 0.25) is 0 Å². The van der Waals surface area contributed by atoms with Gasteiger partial charge in [0, 0.05) is 25.7 Å². The van der Waals surface area contributed by atoms with E-state index in [1.807, 2.05) is 6.07 Å². The van der Waals surface area contributed by atoms with E-state index in [0.717, 1.165) is 31.6 Å². The van der Waals surface area contributed by atoms with Crippen LogP contribution in [-0.4, -0.2) is 44.0 Å². The number of hydrogen-bond acceptors (Lipinski definition) is 3. The van der Waals surface area contributed by atoms with E-state index in [2.05, 4.69) is 10.6 Å². The van der Waals surface area contributed by atoms with Crippen LogP contribution < -0.4 is 10.6 Å².